The molecule has 3 aromatic rings. The number of carbonyl (C=O) groups is 1. The molecule has 1 fully saturated rings. The number of rotatable bonds is 5. The number of nitrogens with zero attached hydrogens (tertiary/aromatic N) is 1. The maximum absolute atomic E-state index is 12.4. The van der Waals surface area contributed by atoms with Crippen molar-refractivity contribution in [2.75, 3.05) is 18.4 Å². The van der Waals surface area contributed by atoms with Crippen molar-refractivity contribution in [2.45, 2.75) is 25.3 Å². The molecule has 0 spiro atoms. The molecule has 0 aromatic heterocycles. The average Bonchev–Trinajstić information content (AvgIpc) is 3.11. The third-order valence-corrected chi connectivity index (χ3v) is 6.00. The van der Waals surface area contributed by atoms with Crippen LogP contribution in [0.15, 0.2) is 78.9 Å². The van der Waals surface area contributed by atoms with Gasteiger partial charge < -0.3 is 5.32 Å². The van der Waals surface area contributed by atoms with E-state index in [1.165, 1.54) is 11.1 Å². The first kappa shape index (κ1) is 19.7. The minimum atomic E-state index is -0.129. The Morgan fingerprint density at radius 1 is 1.00 bits per heavy atom. The fourth-order valence-electron chi connectivity index (χ4n) is 4.03. The van der Waals surface area contributed by atoms with Crippen molar-refractivity contribution in [1.82, 2.24) is 4.90 Å². The zero-order valence-electron chi connectivity index (χ0n) is 16.6. The predicted octanol–water partition coefficient (Wildman–Crippen LogP) is 5.76. The maximum Gasteiger partial charge on any atom is 0.255 e. The Kier molecular flexibility index (Phi) is 5.70. The SMILES string of the molecule is CC1(c2ccc(NC(=O)c3ccc(Cl)cc3)cc2)CCN(Cc2ccccc2)C1. The van der Waals surface area contributed by atoms with Gasteiger partial charge in [-0.05, 0) is 60.5 Å². The lowest BCUT2D eigenvalue weighted by molar-refractivity contribution is 0.102. The lowest BCUT2D eigenvalue weighted by Crippen LogP contribution is -2.28. The molecule has 0 saturated carbocycles. The summed E-state index contributed by atoms with van der Waals surface area (Å²) in [6.07, 6.45) is 1.14. The van der Waals surface area contributed by atoms with E-state index in [0.29, 0.717) is 10.6 Å². The molecule has 1 atom stereocenters. The molecular weight excluding hydrogens is 380 g/mol. The summed E-state index contributed by atoms with van der Waals surface area (Å²) in [5.41, 5.74) is 4.21. The topological polar surface area (TPSA) is 32.3 Å². The molecule has 0 aliphatic carbocycles. The van der Waals surface area contributed by atoms with Crippen molar-refractivity contribution < 1.29 is 4.79 Å². The Morgan fingerprint density at radius 3 is 2.38 bits per heavy atom. The van der Waals surface area contributed by atoms with Gasteiger partial charge in [0.1, 0.15) is 0 Å². The Bertz CT molecular complexity index is 970. The van der Waals surface area contributed by atoms with Crippen LogP contribution in [-0.2, 0) is 12.0 Å². The van der Waals surface area contributed by atoms with Crippen LogP contribution in [0.5, 0.6) is 0 Å². The van der Waals surface area contributed by atoms with Crippen LogP contribution in [0.1, 0.15) is 34.8 Å². The van der Waals surface area contributed by atoms with Gasteiger partial charge in [0.2, 0.25) is 0 Å². The fraction of sp³-hybridized carbons (Fsp3) is 0.240. The number of hydrogen-bond donors (Lipinski definition) is 1. The van der Waals surface area contributed by atoms with Crippen LogP contribution < -0.4 is 5.32 Å². The average molecular weight is 405 g/mol. The Hall–Kier alpha value is -2.62. The minimum absolute atomic E-state index is 0.129. The number of hydrogen-bond acceptors (Lipinski definition) is 2. The third kappa shape index (κ3) is 4.69. The van der Waals surface area contributed by atoms with Crippen molar-refractivity contribution in [3.05, 3.63) is 101 Å². The Balaban J connectivity index is 1.39. The van der Waals surface area contributed by atoms with E-state index in [0.717, 1.165) is 31.7 Å². The molecular formula is C25H25ClN2O. The van der Waals surface area contributed by atoms with Crippen molar-refractivity contribution >= 4 is 23.2 Å². The number of nitrogens with one attached hydrogen (secondary N) is 1. The number of anilines is 1. The van der Waals surface area contributed by atoms with Gasteiger partial charge in [-0.2, -0.15) is 0 Å². The van der Waals surface area contributed by atoms with E-state index < -0.39 is 0 Å². The molecule has 29 heavy (non-hydrogen) atoms. The maximum atomic E-state index is 12.4. The molecule has 4 rings (SSSR count). The molecule has 1 amide bonds. The van der Waals surface area contributed by atoms with Gasteiger partial charge in [0, 0.05) is 34.8 Å². The molecule has 0 bridgehead atoms. The number of likely N-dealkylation sites (tertiary alicyclic amines) is 1. The summed E-state index contributed by atoms with van der Waals surface area (Å²) in [5, 5.41) is 3.58. The second kappa shape index (κ2) is 8.40. The first-order valence-corrected chi connectivity index (χ1v) is 10.3. The Morgan fingerprint density at radius 2 is 1.69 bits per heavy atom. The number of benzene rings is 3. The van der Waals surface area contributed by atoms with Gasteiger partial charge in [0.05, 0.1) is 0 Å². The highest BCUT2D eigenvalue weighted by Gasteiger charge is 2.35. The number of amides is 1. The van der Waals surface area contributed by atoms with E-state index in [9.17, 15) is 4.79 Å². The van der Waals surface area contributed by atoms with Crippen LogP contribution >= 0.6 is 11.6 Å². The molecule has 1 N–H and O–H groups in total. The summed E-state index contributed by atoms with van der Waals surface area (Å²) in [6, 6.07) is 25.8. The van der Waals surface area contributed by atoms with Gasteiger partial charge in [-0.3, -0.25) is 9.69 Å². The summed E-state index contributed by atoms with van der Waals surface area (Å²) in [5.74, 6) is -0.129. The highest BCUT2D eigenvalue weighted by Crippen LogP contribution is 2.35. The molecule has 1 saturated heterocycles. The smallest absolute Gasteiger partial charge is 0.255 e. The predicted molar refractivity (Wildman–Crippen MR) is 120 cm³/mol. The van der Waals surface area contributed by atoms with E-state index >= 15 is 0 Å². The zero-order chi connectivity index (χ0) is 20.3. The van der Waals surface area contributed by atoms with E-state index in [1.54, 1.807) is 24.3 Å². The molecule has 1 aliphatic rings. The molecule has 1 aliphatic heterocycles. The highest BCUT2D eigenvalue weighted by molar-refractivity contribution is 6.30. The van der Waals surface area contributed by atoms with Gasteiger partial charge in [-0.15, -0.1) is 0 Å². The van der Waals surface area contributed by atoms with Crippen LogP contribution in [0.3, 0.4) is 0 Å². The monoisotopic (exact) mass is 404 g/mol. The van der Waals surface area contributed by atoms with E-state index in [1.807, 2.05) is 12.1 Å². The molecule has 1 unspecified atom stereocenters. The van der Waals surface area contributed by atoms with Gasteiger partial charge in [-0.25, -0.2) is 0 Å². The van der Waals surface area contributed by atoms with Crippen molar-refractivity contribution in [2.24, 2.45) is 0 Å². The van der Waals surface area contributed by atoms with Gasteiger partial charge in [-0.1, -0.05) is 61.0 Å². The lowest BCUT2D eigenvalue weighted by Gasteiger charge is -2.26. The fourth-order valence-corrected chi connectivity index (χ4v) is 4.16. The van der Waals surface area contributed by atoms with E-state index in [4.69, 9.17) is 11.6 Å². The molecule has 1 heterocycles. The van der Waals surface area contributed by atoms with Crippen LogP contribution in [0, 0.1) is 0 Å². The normalized spacial score (nSPS) is 19.2. The zero-order valence-corrected chi connectivity index (χ0v) is 17.3. The second-order valence-corrected chi connectivity index (χ2v) is 8.48. The van der Waals surface area contributed by atoms with Crippen LogP contribution in [-0.4, -0.2) is 23.9 Å². The summed E-state index contributed by atoms with van der Waals surface area (Å²) in [4.78, 5) is 14.9. The largest absolute Gasteiger partial charge is 0.322 e. The molecule has 4 heteroatoms. The first-order valence-electron chi connectivity index (χ1n) is 9.96. The molecule has 148 valence electrons. The van der Waals surface area contributed by atoms with Crippen molar-refractivity contribution in [3.8, 4) is 0 Å². The van der Waals surface area contributed by atoms with Gasteiger partial charge in [0.15, 0.2) is 0 Å². The minimum Gasteiger partial charge on any atom is -0.322 e. The summed E-state index contributed by atoms with van der Waals surface area (Å²) >= 11 is 5.89. The molecule has 3 aromatic carbocycles. The molecule has 0 radical (unpaired) electrons. The summed E-state index contributed by atoms with van der Waals surface area (Å²) < 4.78 is 0. The lowest BCUT2D eigenvalue weighted by atomic mass is 9.82. The van der Waals surface area contributed by atoms with Gasteiger partial charge in [0.25, 0.3) is 5.91 Å². The van der Waals surface area contributed by atoms with Crippen LogP contribution in [0.2, 0.25) is 5.02 Å². The highest BCUT2D eigenvalue weighted by atomic mass is 35.5. The Labute approximate surface area is 177 Å². The number of halogens is 1. The number of carbonyl (C=O) groups excluding carboxylic acids is 1. The molecule has 3 nitrogen and oxygen atoms in total. The summed E-state index contributed by atoms with van der Waals surface area (Å²) in [7, 11) is 0. The van der Waals surface area contributed by atoms with E-state index in [2.05, 4.69) is 59.6 Å². The van der Waals surface area contributed by atoms with Crippen LogP contribution in [0.25, 0.3) is 0 Å². The summed E-state index contributed by atoms with van der Waals surface area (Å²) in [6.45, 7) is 5.46. The van der Waals surface area contributed by atoms with Crippen molar-refractivity contribution in [1.29, 1.82) is 0 Å². The standard InChI is InChI=1S/C25H25ClN2O/c1-25(15-16-28(18-25)17-19-5-3-2-4-6-19)21-9-13-23(14-10-21)27-24(29)20-7-11-22(26)12-8-20/h2-14H,15-18H2,1H3,(H,27,29). The third-order valence-electron chi connectivity index (χ3n) is 5.75. The van der Waals surface area contributed by atoms with E-state index in [-0.39, 0.29) is 11.3 Å². The van der Waals surface area contributed by atoms with Gasteiger partial charge >= 0.3 is 0 Å². The first-order chi connectivity index (χ1) is 14.0. The van der Waals surface area contributed by atoms with Crippen molar-refractivity contribution in [3.63, 3.8) is 0 Å². The van der Waals surface area contributed by atoms with Crippen LogP contribution in [0.4, 0.5) is 5.69 Å². The second-order valence-electron chi connectivity index (χ2n) is 8.05. The quantitative estimate of drug-likeness (QED) is 0.586.